The van der Waals surface area contributed by atoms with E-state index in [0.717, 1.165) is 30.4 Å². The van der Waals surface area contributed by atoms with E-state index in [2.05, 4.69) is 10.3 Å². The number of benzene rings is 1. The van der Waals surface area contributed by atoms with Gasteiger partial charge in [0, 0.05) is 26.7 Å². The molecule has 0 fully saturated rings. The van der Waals surface area contributed by atoms with Gasteiger partial charge in [-0.3, -0.25) is 4.99 Å². The van der Waals surface area contributed by atoms with Crippen LogP contribution in [0.1, 0.15) is 19.4 Å². The minimum absolute atomic E-state index is 0.156. The summed E-state index contributed by atoms with van der Waals surface area (Å²) in [7, 11) is 1.99. The number of aryl methyl sites for hydroxylation is 1. The smallest absolute Gasteiger partial charge is 0.193 e. The highest BCUT2D eigenvalue weighted by Gasteiger charge is 2.07. The molecule has 1 aromatic rings. The molecule has 0 aliphatic carbocycles. The van der Waals surface area contributed by atoms with Crippen LogP contribution >= 0.6 is 0 Å². The molecule has 0 saturated heterocycles. The predicted molar refractivity (Wildman–Crippen MR) is 91.5 cm³/mol. The lowest BCUT2D eigenvalue weighted by Gasteiger charge is -2.22. The molecule has 1 unspecified atom stereocenters. The second kappa shape index (κ2) is 10.1. The quantitative estimate of drug-likeness (QED) is 0.569. The van der Waals surface area contributed by atoms with Gasteiger partial charge in [0.05, 0.1) is 6.54 Å². The van der Waals surface area contributed by atoms with E-state index in [1.54, 1.807) is 0 Å². The molecular weight excluding hydrogens is 278 g/mol. The van der Waals surface area contributed by atoms with Crippen LogP contribution in [-0.2, 0) is 0 Å². The zero-order valence-electron chi connectivity index (χ0n) is 14.2. The van der Waals surface area contributed by atoms with E-state index in [9.17, 15) is 0 Å². The number of aliphatic imine (C=N–C) groups is 1. The van der Waals surface area contributed by atoms with Crippen molar-refractivity contribution in [2.45, 2.75) is 20.8 Å². The number of nitrogens with zero attached hydrogens (tertiary/aromatic N) is 2. The lowest BCUT2D eigenvalue weighted by Crippen LogP contribution is -2.41. The van der Waals surface area contributed by atoms with Gasteiger partial charge >= 0.3 is 0 Å². The van der Waals surface area contributed by atoms with Crippen LogP contribution in [0.4, 0.5) is 0 Å². The number of ether oxygens (including phenoxy) is 1. The van der Waals surface area contributed by atoms with Gasteiger partial charge in [-0.2, -0.15) is 0 Å². The normalized spacial score (nSPS) is 12.9. The number of aliphatic hydroxyl groups excluding tert-OH is 1. The first-order valence-corrected chi connectivity index (χ1v) is 7.87. The fraction of sp³-hybridized carbons (Fsp3) is 0.588. The average Bonchev–Trinajstić information content (AvgIpc) is 2.52. The van der Waals surface area contributed by atoms with Crippen molar-refractivity contribution in [2.24, 2.45) is 10.9 Å². The van der Waals surface area contributed by atoms with Gasteiger partial charge in [0.1, 0.15) is 12.4 Å². The summed E-state index contributed by atoms with van der Waals surface area (Å²) in [4.78, 5) is 6.59. The van der Waals surface area contributed by atoms with Crippen LogP contribution in [0.2, 0.25) is 0 Å². The maximum absolute atomic E-state index is 9.09. The third-order valence-corrected chi connectivity index (χ3v) is 3.34. The Bertz CT molecular complexity index is 463. The van der Waals surface area contributed by atoms with E-state index >= 15 is 0 Å². The standard InChI is InChI=1S/C17H29N3O2/c1-5-18-17(19-12-14(2)13-21)20(4)10-11-22-16-9-7-6-8-15(16)3/h6-9,14,21H,5,10-13H2,1-4H3,(H,18,19). The molecule has 0 heterocycles. The summed E-state index contributed by atoms with van der Waals surface area (Å²) in [6, 6.07) is 8.01. The van der Waals surface area contributed by atoms with Gasteiger partial charge < -0.3 is 20.1 Å². The molecule has 0 radical (unpaired) electrons. The number of hydrogen-bond acceptors (Lipinski definition) is 3. The number of guanidine groups is 1. The monoisotopic (exact) mass is 307 g/mol. The van der Waals surface area contributed by atoms with E-state index < -0.39 is 0 Å². The van der Waals surface area contributed by atoms with Gasteiger partial charge in [-0.05, 0) is 31.4 Å². The third-order valence-electron chi connectivity index (χ3n) is 3.34. The van der Waals surface area contributed by atoms with Gasteiger partial charge in [0.15, 0.2) is 5.96 Å². The van der Waals surface area contributed by atoms with Crippen molar-refractivity contribution in [3.8, 4) is 5.75 Å². The first-order valence-electron chi connectivity index (χ1n) is 7.87. The Morgan fingerprint density at radius 2 is 2.14 bits per heavy atom. The van der Waals surface area contributed by atoms with Crippen molar-refractivity contribution in [2.75, 3.05) is 39.9 Å². The summed E-state index contributed by atoms with van der Waals surface area (Å²) >= 11 is 0. The minimum atomic E-state index is 0.156. The van der Waals surface area contributed by atoms with Gasteiger partial charge in [-0.1, -0.05) is 25.1 Å². The molecule has 0 aromatic heterocycles. The molecule has 0 bridgehead atoms. The van der Waals surface area contributed by atoms with Crippen molar-refractivity contribution in [3.63, 3.8) is 0 Å². The zero-order chi connectivity index (χ0) is 16.4. The summed E-state index contributed by atoms with van der Waals surface area (Å²) in [6.45, 7) is 8.99. The van der Waals surface area contributed by atoms with Gasteiger partial charge in [0.2, 0.25) is 0 Å². The molecular formula is C17H29N3O2. The first kappa shape index (κ1) is 18.3. The van der Waals surface area contributed by atoms with Crippen molar-refractivity contribution in [1.29, 1.82) is 0 Å². The van der Waals surface area contributed by atoms with Gasteiger partial charge in [-0.15, -0.1) is 0 Å². The zero-order valence-corrected chi connectivity index (χ0v) is 14.2. The molecule has 0 spiro atoms. The van der Waals surface area contributed by atoms with Crippen LogP contribution in [0.15, 0.2) is 29.3 Å². The van der Waals surface area contributed by atoms with Crippen molar-refractivity contribution >= 4 is 5.96 Å². The number of likely N-dealkylation sites (N-methyl/N-ethyl adjacent to an activating group) is 1. The molecule has 1 atom stereocenters. The average molecular weight is 307 g/mol. The Kier molecular flexibility index (Phi) is 8.36. The Morgan fingerprint density at radius 3 is 2.77 bits per heavy atom. The highest BCUT2D eigenvalue weighted by Crippen LogP contribution is 2.15. The molecule has 0 saturated carbocycles. The van der Waals surface area contributed by atoms with Crippen LogP contribution in [0.5, 0.6) is 5.75 Å². The Morgan fingerprint density at radius 1 is 1.41 bits per heavy atom. The number of para-hydroxylation sites is 1. The predicted octanol–water partition coefficient (Wildman–Crippen LogP) is 1.90. The fourth-order valence-electron chi connectivity index (χ4n) is 1.89. The van der Waals surface area contributed by atoms with Crippen LogP contribution in [0.3, 0.4) is 0 Å². The molecule has 5 nitrogen and oxygen atoms in total. The molecule has 2 N–H and O–H groups in total. The largest absolute Gasteiger partial charge is 0.491 e. The number of aliphatic hydroxyl groups is 1. The number of hydrogen-bond donors (Lipinski definition) is 2. The second-order valence-corrected chi connectivity index (χ2v) is 5.52. The van der Waals surface area contributed by atoms with Gasteiger partial charge in [0.25, 0.3) is 0 Å². The maximum Gasteiger partial charge on any atom is 0.193 e. The van der Waals surface area contributed by atoms with Crippen molar-refractivity contribution in [1.82, 2.24) is 10.2 Å². The molecule has 1 rings (SSSR count). The summed E-state index contributed by atoms with van der Waals surface area (Å²) in [5.74, 6) is 1.94. The maximum atomic E-state index is 9.09. The lowest BCUT2D eigenvalue weighted by molar-refractivity contribution is 0.241. The molecule has 0 aliphatic rings. The topological polar surface area (TPSA) is 57.1 Å². The molecule has 1 aromatic carbocycles. The van der Waals surface area contributed by atoms with E-state index in [1.165, 1.54) is 0 Å². The van der Waals surface area contributed by atoms with E-state index in [1.807, 2.05) is 57.0 Å². The Balaban J connectivity index is 2.49. The fourth-order valence-corrected chi connectivity index (χ4v) is 1.89. The molecule has 0 aliphatic heterocycles. The van der Waals surface area contributed by atoms with Crippen LogP contribution in [0.25, 0.3) is 0 Å². The lowest BCUT2D eigenvalue weighted by atomic mass is 10.2. The van der Waals surface area contributed by atoms with Crippen LogP contribution < -0.4 is 10.1 Å². The Hall–Kier alpha value is -1.75. The molecule has 124 valence electrons. The summed E-state index contributed by atoms with van der Waals surface area (Å²) in [5.41, 5.74) is 1.14. The molecule has 5 heteroatoms. The van der Waals surface area contributed by atoms with E-state index in [-0.39, 0.29) is 12.5 Å². The van der Waals surface area contributed by atoms with Crippen LogP contribution in [0, 0.1) is 12.8 Å². The number of rotatable bonds is 8. The third kappa shape index (κ3) is 6.35. The SMILES string of the molecule is CCNC(=NCC(C)CO)N(C)CCOc1ccccc1C. The molecule has 0 amide bonds. The number of nitrogens with one attached hydrogen (secondary N) is 1. The summed E-state index contributed by atoms with van der Waals surface area (Å²) in [5, 5.41) is 12.3. The van der Waals surface area contributed by atoms with Crippen molar-refractivity contribution < 1.29 is 9.84 Å². The minimum Gasteiger partial charge on any atom is -0.491 e. The van der Waals surface area contributed by atoms with E-state index in [4.69, 9.17) is 9.84 Å². The first-order chi connectivity index (χ1) is 10.6. The van der Waals surface area contributed by atoms with E-state index in [0.29, 0.717) is 13.2 Å². The second-order valence-electron chi connectivity index (χ2n) is 5.52. The Labute approximate surface area is 134 Å². The summed E-state index contributed by atoms with van der Waals surface area (Å²) < 4.78 is 5.82. The summed E-state index contributed by atoms with van der Waals surface area (Å²) in [6.07, 6.45) is 0. The molecule has 22 heavy (non-hydrogen) atoms. The van der Waals surface area contributed by atoms with Crippen molar-refractivity contribution in [3.05, 3.63) is 29.8 Å². The highest BCUT2D eigenvalue weighted by atomic mass is 16.5. The van der Waals surface area contributed by atoms with Crippen LogP contribution in [-0.4, -0.2) is 55.9 Å². The highest BCUT2D eigenvalue weighted by molar-refractivity contribution is 5.79. The van der Waals surface area contributed by atoms with Gasteiger partial charge in [-0.25, -0.2) is 0 Å².